The maximum atomic E-state index is 12.1. The largest absolute Gasteiger partial charge is 0.495 e. The van der Waals surface area contributed by atoms with Gasteiger partial charge in [-0.3, -0.25) is 9.59 Å². The van der Waals surface area contributed by atoms with Crippen molar-refractivity contribution in [1.29, 1.82) is 0 Å². The predicted molar refractivity (Wildman–Crippen MR) is 98.6 cm³/mol. The molecule has 0 heterocycles. The van der Waals surface area contributed by atoms with E-state index in [2.05, 4.69) is 10.6 Å². The van der Waals surface area contributed by atoms with Gasteiger partial charge in [0.05, 0.1) is 25.0 Å². The van der Waals surface area contributed by atoms with Gasteiger partial charge in [-0.25, -0.2) is 4.79 Å². The lowest BCUT2D eigenvalue weighted by atomic mass is 10.1. The highest BCUT2D eigenvalue weighted by molar-refractivity contribution is 5.97. The van der Waals surface area contributed by atoms with Gasteiger partial charge in [0, 0.05) is 12.6 Å². The molecule has 8 heteroatoms. The molecule has 2 aromatic rings. The number of anilines is 2. The Morgan fingerprint density at radius 3 is 2.33 bits per heavy atom. The van der Waals surface area contributed by atoms with Crippen LogP contribution in [-0.2, 0) is 20.9 Å². The molecule has 0 radical (unpaired) electrons. The van der Waals surface area contributed by atoms with E-state index in [1.807, 2.05) is 0 Å². The number of amides is 2. The van der Waals surface area contributed by atoms with Crippen LogP contribution in [0.3, 0.4) is 0 Å². The molecule has 2 rings (SSSR count). The molecule has 0 aliphatic rings. The van der Waals surface area contributed by atoms with E-state index in [1.54, 1.807) is 24.3 Å². The molecule has 0 aromatic heterocycles. The van der Waals surface area contributed by atoms with Crippen molar-refractivity contribution < 1.29 is 29.0 Å². The second-order valence-electron chi connectivity index (χ2n) is 5.58. The van der Waals surface area contributed by atoms with Gasteiger partial charge >= 0.3 is 5.97 Å². The van der Waals surface area contributed by atoms with Crippen molar-refractivity contribution in [1.82, 2.24) is 0 Å². The summed E-state index contributed by atoms with van der Waals surface area (Å²) < 4.78 is 10.1. The quantitative estimate of drug-likeness (QED) is 0.640. The van der Waals surface area contributed by atoms with Crippen LogP contribution in [0.1, 0.15) is 22.8 Å². The van der Waals surface area contributed by atoms with Gasteiger partial charge < -0.3 is 25.2 Å². The first-order chi connectivity index (χ1) is 12.9. The molecule has 0 aliphatic heterocycles. The molecule has 0 aliphatic carbocycles. The zero-order chi connectivity index (χ0) is 19.8. The fraction of sp³-hybridized carbons (Fsp3) is 0.211. The average Bonchev–Trinajstić information content (AvgIpc) is 2.66. The topological polar surface area (TPSA) is 114 Å². The summed E-state index contributed by atoms with van der Waals surface area (Å²) in [6.45, 7) is 0.750. The number of carbonyl (C=O) groups is 3. The monoisotopic (exact) mass is 372 g/mol. The highest BCUT2D eigenvalue weighted by atomic mass is 16.5. The van der Waals surface area contributed by atoms with Crippen LogP contribution >= 0.6 is 0 Å². The molecule has 142 valence electrons. The van der Waals surface area contributed by atoms with Gasteiger partial charge in [0.25, 0.3) is 5.91 Å². The third kappa shape index (κ3) is 5.82. The molecule has 2 amide bonds. The van der Waals surface area contributed by atoms with E-state index in [9.17, 15) is 14.4 Å². The van der Waals surface area contributed by atoms with Gasteiger partial charge in [0.2, 0.25) is 5.91 Å². The number of nitrogens with one attached hydrogen (secondary N) is 2. The van der Waals surface area contributed by atoms with E-state index in [4.69, 9.17) is 14.6 Å². The van der Waals surface area contributed by atoms with Gasteiger partial charge in [0.15, 0.2) is 6.61 Å². The summed E-state index contributed by atoms with van der Waals surface area (Å²) in [6.07, 6.45) is 0. The van der Waals surface area contributed by atoms with Crippen LogP contribution in [0.5, 0.6) is 5.75 Å². The fourth-order valence-electron chi connectivity index (χ4n) is 2.23. The molecular formula is C19H20N2O6. The molecule has 0 fully saturated rings. The predicted octanol–water partition coefficient (Wildman–Crippen LogP) is 1.94. The Bertz CT molecular complexity index is 833. The van der Waals surface area contributed by atoms with Crippen molar-refractivity contribution in [3.63, 3.8) is 0 Å². The number of ether oxygens (including phenoxy) is 2. The SMILES string of the molecule is COc1ccc(NC(C)=O)cc1NC(=O)COC(=O)c1ccc(CO)cc1. The first-order valence-corrected chi connectivity index (χ1v) is 8.05. The Morgan fingerprint density at radius 2 is 1.74 bits per heavy atom. The number of hydrogen-bond acceptors (Lipinski definition) is 6. The summed E-state index contributed by atoms with van der Waals surface area (Å²) in [6, 6.07) is 11.0. The maximum Gasteiger partial charge on any atom is 0.338 e. The van der Waals surface area contributed by atoms with E-state index in [0.29, 0.717) is 22.7 Å². The highest BCUT2D eigenvalue weighted by Gasteiger charge is 2.13. The molecule has 3 N–H and O–H groups in total. The lowest BCUT2D eigenvalue weighted by molar-refractivity contribution is -0.119. The lowest BCUT2D eigenvalue weighted by Crippen LogP contribution is -2.21. The number of carbonyl (C=O) groups excluding carboxylic acids is 3. The number of aliphatic hydroxyl groups is 1. The van der Waals surface area contributed by atoms with E-state index in [-0.39, 0.29) is 18.1 Å². The molecule has 27 heavy (non-hydrogen) atoms. The van der Waals surface area contributed by atoms with Crippen molar-refractivity contribution in [2.45, 2.75) is 13.5 Å². The minimum atomic E-state index is -0.659. The van der Waals surface area contributed by atoms with Crippen LogP contribution in [0, 0.1) is 0 Å². The molecule has 0 bridgehead atoms. The van der Waals surface area contributed by atoms with Gasteiger partial charge in [-0.15, -0.1) is 0 Å². The van der Waals surface area contributed by atoms with Crippen molar-refractivity contribution in [2.75, 3.05) is 24.4 Å². The number of rotatable bonds is 7. The number of methoxy groups -OCH3 is 1. The van der Waals surface area contributed by atoms with Gasteiger partial charge in [-0.2, -0.15) is 0 Å². The zero-order valence-electron chi connectivity index (χ0n) is 14.9. The minimum absolute atomic E-state index is 0.128. The minimum Gasteiger partial charge on any atom is -0.495 e. The summed E-state index contributed by atoms with van der Waals surface area (Å²) in [4.78, 5) is 35.2. The Hall–Kier alpha value is -3.39. The molecule has 0 atom stereocenters. The van der Waals surface area contributed by atoms with E-state index in [1.165, 1.54) is 32.2 Å². The normalized spacial score (nSPS) is 10.0. The van der Waals surface area contributed by atoms with Crippen LogP contribution < -0.4 is 15.4 Å². The molecule has 0 saturated heterocycles. The van der Waals surface area contributed by atoms with Gasteiger partial charge in [-0.05, 0) is 35.9 Å². The standard InChI is InChI=1S/C19H20N2O6/c1-12(23)20-15-7-8-17(26-2)16(9-15)21-18(24)11-27-19(25)14-5-3-13(10-22)4-6-14/h3-9,22H,10-11H2,1-2H3,(H,20,23)(H,21,24). The summed E-state index contributed by atoms with van der Waals surface area (Å²) in [5.41, 5.74) is 1.75. The smallest absolute Gasteiger partial charge is 0.338 e. The molecule has 2 aromatic carbocycles. The van der Waals surface area contributed by atoms with Crippen LogP contribution in [0.15, 0.2) is 42.5 Å². The number of aliphatic hydroxyl groups excluding tert-OH is 1. The molecule has 0 spiro atoms. The second kappa shape index (κ2) is 9.35. The first-order valence-electron chi connectivity index (χ1n) is 8.05. The fourth-order valence-corrected chi connectivity index (χ4v) is 2.23. The molecule has 0 saturated carbocycles. The number of esters is 1. The number of benzene rings is 2. The average molecular weight is 372 g/mol. The Kier molecular flexibility index (Phi) is 6.90. The summed E-state index contributed by atoms with van der Waals surface area (Å²) >= 11 is 0. The summed E-state index contributed by atoms with van der Waals surface area (Å²) in [7, 11) is 1.44. The Balaban J connectivity index is 1.98. The molecular weight excluding hydrogens is 352 g/mol. The van der Waals surface area contributed by atoms with Crippen LogP contribution in [0.2, 0.25) is 0 Å². The van der Waals surface area contributed by atoms with Crippen LogP contribution in [0.25, 0.3) is 0 Å². The van der Waals surface area contributed by atoms with Gasteiger partial charge in [0.1, 0.15) is 5.75 Å². The summed E-state index contributed by atoms with van der Waals surface area (Å²) in [5.74, 6) is -1.08. The highest BCUT2D eigenvalue weighted by Crippen LogP contribution is 2.27. The molecule has 0 unspecified atom stereocenters. The molecule has 8 nitrogen and oxygen atoms in total. The number of hydrogen-bond donors (Lipinski definition) is 3. The van der Waals surface area contributed by atoms with Crippen molar-refractivity contribution >= 4 is 29.2 Å². The van der Waals surface area contributed by atoms with Crippen molar-refractivity contribution in [3.8, 4) is 5.75 Å². The van der Waals surface area contributed by atoms with Crippen LogP contribution in [0.4, 0.5) is 11.4 Å². The van der Waals surface area contributed by atoms with E-state index >= 15 is 0 Å². The van der Waals surface area contributed by atoms with E-state index in [0.717, 1.165) is 0 Å². The third-order valence-electron chi connectivity index (χ3n) is 3.50. The van der Waals surface area contributed by atoms with Gasteiger partial charge in [-0.1, -0.05) is 12.1 Å². The van der Waals surface area contributed by atoms with Crippen LogP contribution in [-0.4, -0.2) is 36.6 Å². The first kappa shape index (κ1) is 19.9. The second-order valence-corrected chi connectivity index (χ2v) is 5.58. The zero-order valence-corrected chi connectivity index (χ0v) is 14.9. The van der Waals surface area contributed by atoms with Crippen molar-refractivity contribution in [3.05, 3.63) is 53.6 Å². The van der Waals surface area contributed by atoms with Crippen molar-refractivity contribution in [2.24, 2.45) is 0 Å². The van der Waals surface area contributed by atoms with E-state index < -0.39 is 18.5 Å². The lowest BCUT2D eigenvalue weighted by Gasteiger charge is -2.12. The third-order valence-corrected chi connectivity index (χ3v) is 3.50. The maximum absolute atomic E-state index is 12.1. The summed E-state index contributed by atoms with van der Waals surface area (Å²) in [5, 5.41) is 14.2. The Labute approximate surface area is 156 Å². The Morgan fingerprint density at radius 1 is 1.04 bits per heavy atom.